The molecule has 1 saturated heterocycles. The Balaban J connectivity index is 1.57. The molecule has 0 saturated carbocycles. The standard InChI is InChI=1S/C18H18FIN2O/c19-15-5-3-13(4-6-15)12-14-7-10-22(11-8-14)18(23)17-16(20)2-1-9-21-17/h1-6,9,14H,7-8,10-12H2. The molecule has 23 heavy (non-hydrogen) atoms. The van der Waals surface area contributed by atoms with Gasteiger partial charge in [-0.2, -0.15) is 0 Å². The molecule has 1 aromatic carbocycles. The molecule has 120 valence electrons. The summed E-state index contributed by atoms with van der Waals surface area (Å²) in [5.41, 5.74) is 1.71. The number of aromatic nitrogens is 1. The van der Waals surface area contributed by atoms with Crippen molar-refractivity contribution in [1.82, 2.24) is 9.88 Å². The van der Waals surface area contributed by atoms with Crippen molar-refractivity contribution in [1.29, 1.82) is 0 Å². The topological polar surface area (TPSA) is 33.2 Å². The van der Waals surface area contributed by atoms with Crippen molar-refractivity contribution >= 4 is 28.5 Å². The van der Waals surface area contributed by atoms with Gasteiger partial charge in [0.2, 0.25) is 0 Å². The number of piperidine rings is 1. The van der Waals surface area contributed by atoms with Crippen LogP contribution in [0.4, 0.5) is 4.39 Å². The van der Waals surface area contributed by atoms with E-state index in [9.17, 15) is 9.18 Å². The quantitative estimate of drug-likeness (QED) is 0.700. The fourth-order valence-corrected chi connectivity index (χ4v) is 3.56. The highest BCUT2D eigenvalue weighted by Gasteiger charge is 2.25. The van der Waals surface area contributed by atoms with E-state index in [1.54, 1.807) is 6.20 Å². The highest BCUT2D eigenvalue weighted by Crippen LogP contribution is 2.23. The lowest BCUT2D eigenvalue weighted by Crippen LogP contribution is -2.39. The maximum Gasteiger partial charge on any atom is 0.273 e. The number of hydrogen-bond donors (Lipinski definition) is 0. The van der Waals surface area contributed by atoms with Crippen LogP contribution in [-0.4, -0.2) is 28.9 Å². The number of likely N-dealkylation sites (tertiary alicyclic amines) is 1. The van der Waals surface area contributed by atoms with Crippen LogP contribution in [0.2, 0.25) is 0 Å². The van der Waals surface area contributed by atoms with Crippen molar-refractivity contribution in [2.75, 3.05) is 13.1 Å². The number of rotatable bonds is 3. The van der Waals surface area contributed by atoms with Gasteiger partial charge in [0.05, 0.1) is 0 Å². The zero-order valence-electron chi connectivity index (χ0n) is 12.7. The SMILES string of the molecule is O=C(c1ncccc1I)N1CCC(Cc2ccc(F)cc2)CC1. The van der Waals surface area contributed by atoms with Gasteiger partial charge in [-0.15, -0.1) is 0 Å². The summed E-state index contributed by atoms with van der Waals surface area (Å²) >= 11 is 2.15. The van der Waals surface area contributed by atoms with Crippen LogP contribution in [0, 0.1) is 15.3 Å². The number of amides is 1. The van der Waals surface area contributed by atoms with Crippen LogP contribution in [0.15, 0.2) is 42.6 Å². The largest absolute Gasteiger partial charge is 0.337 e. The Kier molecular flexibility index (Phi) is 5.25. The second kappa shape index (κ2) is 7.38. The van der Waals surface area contributed by atoms with Crippen molar-refractivity contribution in [3.05, 3.63) is 63.2 Å². The summed E-state index contributed by atoms with van der Waals surface area (Å²) < 4.78 is 13.8. The molecule has 3 rings (SSSR count). The predicted octanol–water partition coefficient (Wildman–Crippen LogP) is 3.92. The molecule has 1 aliphatic rings. The third-order valence-corrected chi connectivity index (χ3v) is 5.17. The van der Waals surface area contributed by atoms with E-state index in [4.69, 9.17) is 0 Å². The van der Waals surface area contributed by atoms with Gasteiger partial charge >= 0.3 is 0 Å². The lowest BCUT2D eigenvalue weighted by atomic mass is 9.90. The molecular weight excluding hydrogens is 406 g/mol. The van der Waals surface area contributed by atoms with Crippen LogP contribution in [0.3, 0.4) is 0 Å². The van der Waals surface area contributed by atoms with Crippen LogP contribution in [0.25, 0.3) is 0 Å². The van der Waals surface area contributed by atoms with Gasteiger partial charge < -0.3 is 4.90 Å². The molecule has 0 N–H and O–H groups in total. The van der Waals surface area contributed by atoms with Gasteiger partial charge in [0, 0.05) is 22.9 Å². The first kappa shape index (κ1) is 16.4. The summed E-state index contributed by atoms with van der Waals surface area (Å²) in [5, 5.41) is 0. The van der Waals surface area contributed by atoms with E-state index >= 15 is 0 Å². The first-order chi connectivity index (χ1) is 11.1. The van der Waals surface area contributed by atoms with E-state index in [1.165, 1.54) is 12.1 Å². The zero-order chi connectivity index (χ0) is 16.2. The average Bonchev–Trinajstić information content (AvgIpc) is 2.57. The third-order valence-electron chi connectivity index (χ3n) is 4.30. The molecule has 1 aromatic heterocycles. The molecule has 5 heteroatoms. The predicted molar refractivity (Wildman–Crippen MR) is 95.7 cm³/mol. The third kappa shape index (κ3) is 4.07. The minimum absolute atomic E-state index is 0.0234. The summed E-state index contributed by atoms with van der Waals surface area (Å²) in [5.74, 6) is 0.377. The molecule has 2 heterocycles. The Morgan fingerprint density at radius 2 is 1.91 bits per heavy atom. The molecule has 1 fully saturated rings. The Labute approximate surface area is 149 Å². The normalized spacial score (nSPS) is 15.7. The molecular formula is C18H18FIN2O. The molecule has 0 atom stereocenters. The molecule has 1 aliphatic heterocycles. The van der Waals surface area contributed by atoms with Crippen molar-refractivity contribution < 1.29 is 9.18 Å². The van der Waals surface area contributed by atoms with Crippen LogP contribution in [0.5, 0.6) is 0 Å². The fraction of sp³-hybridized carbons (Fsp3) is 0.333. The van der Waals surface area contributed by atoms with E-state index in [1.807, 2.05) is 29.2 Å². The van der Waals surface area contributed by atoms with Crippen molar-refractivity contribution in [3.8, 4) is 0 Å². The second-order valence-electron chi connectivity index (χ2n) is 5.90. The number of hydrogen-bond acceptors (Lipinski definition) is 2. The molecule has 1 amide bonds. The Hall–Kier alpha value is -1.50. The van der Waals surface area contributed by atoms with Gasteiger partial charge in [-0.05, 0) is 77.6 Å². The number of carbonyl (C=O) groups is 1. The smallest absolute Gasteiger partial charge is 0.273 e. The molecule has 2 aromatic rings. The Morgan fingerprint density at radius 1 is 1.22 bits per heavy atom. The van der Waals surface area contributed by atoms with Gasteiger partial charge in [-0.3, -0.25) is 4.79 Å². The Bertz CT molecular complexity index is 682. The minimum Gasteiger partial charge on any atom is -0.337 e. The lowest BCUT2D eigenvalue weighted by Gasteiger charge is -2.32. The van der Waals surface area contributed by atoms with Crippen molar-refractivity contribution in [3.63, 3.8) is 0 Å². The van der Waals surface area contributed by atoms with E-state index in [2.05, 4.69) is 27.6 Å². The number of nitrogens with zero attached hydrogens (tertiary/aromatic N) is 2. The summed E-state index contributed by atoms with van der Waals surface area (Å²) in [6, 6.07) is 10.5. The van der Waals surface area contributed by atoms with E-state index in [-0.39, 0.29) is 11.7 Å². The highest BCUT2D eigenvalue weighted by atomic mass is 127. The van der Waals surface area contributed by atoms with Gasteiger partial charge in [-0.25, -0.2) is 9.37 Å². The van der Waals surface area contributed by atoms with E-state index in [0.29, 0.717) is 11.6 Å². The van der Waals surface area contributed by atoms with E-state index in [0.717, 1.165) is 41.5 Å². The van der Waals surface area contributed by atoms with Crippen molar-refractivity contribution in [2.24, 2.45) is 5.92 Å². The molecule has 0 bridgehead atoms. The van der Waals surface area contributed by atoms with Gasteiger partial charge in [0.1, 0.15) is 11.5 Å². The highest BCUT2D eigenvalue weighted by molar-refractivity contribution is 14.1. The minimum atomic E-state index is -0.195. The first-order valence-corrected chi connectivity index (χ1v) is 8.85. The van der Waals surface area contributed by atoms with Crippen molar-refractivity contribution in [2.45, 2.75) is 19.3 Å². The zero-order valence-corrected chi connectivity index (χ0v) is 14.9. The van der Waals surface area contributed by atoms with Gasteiger partial charge in [0.15, 0.2) is 0 Å². The molecule has 0 aliphatic carbocycles. The van der Waals surface area contributed by atoms with Gasteiger partial charge in [0.25, 0.3) is 5.91 Å². The fourth-order valence-electron chi connectivity index (χ4n) is 2.99. The van der Waals surface area contributed by atoms with E-state index < -0.39 is 0 Å². The molecule has 3 nitrogen and oxygen atoms in total. The number of halogens is 2. The number of benzene rings is 1. The number of pyridine rings is 1. The summed E-state index contributed by atoms with van der Waals surface area (Å²) in [7, 11) is 0. The molecule has 0 unspecified atom stereocenters. The lowest BCUT2D eigenvalue weighted by molar-refractivity contribution is 0.0683. The van der Waals surface area contributed by atoms with Crippen LogP contribution in [0.1, 0.15) is 28.9 Å². The van der Waals surface area contributed by atoms with Crippen LogP contribution >= 0.6 is 22.6 Å². The van der Waals surface area contributed by atoms with Crippen LogP contribution < -0.4 is 0 Å². The van der Waals surface area contributed by atoms with Gasteiger partial charge in [-0.1, -0.05) is 12.1 Å². The molecule has 0 spiro atoms. The number of carbonyl (C=O) groups excluding carboxylic acids is 1. The Morgan fingerprint density at radius 3 is 2.57 bits per heavy atom. The summed E-state index contributed by atoms with van der Waals surface area (Å²) in [4.78, 5) is 18.6. The van der Waals surface area contributed by atoms with Crippen LogP contribution in [-0.2, 0) is 6.42 Å². The second-order valence-corrected chi connectivity index (χ2v) is 7.06. The molecule has 0 radical (unpaired) electrons. The first-order valence-electron chi connectivity index (χ1n) is 7.77. The average molecular weight is 424 g/mol. The maximum atomic E-state index is 12.9. The maximum absolute atomic E-state index is 12.9. The monoisotopic (exact) mass is 424 g/mol. The summed E-state index contributed by atoms with van der Waals surface area (Å²) in [6.45, 7) is 1.52. The summed E-state index contributed by atoms with van der Waals surface area (Å²) in [6.07, 6.45) is 4.57.